The summed E-state index contributed by atoms with van der Waals surface area (Å²) in [6.07, 6.45) is -0.219. The maximum Gasteiger partial charge on any atom is 0.415 e. The van der Waals surface area contributed by atoms with E-state index in [1.54, 1.807) is 0 Å². The highest BCUT2D eigenvalue weighted by molar-refractivity contribution is 5.92. The molecule has 0 radical (unpaired) electrons. The second kappa shape index (κ2) is 11.1. The summed E-state index contributed by atoms with van der Waals surface area (Å²) < 4.78 is 53.6. The van der Waals surface area contributed by atoms with Gasteiger partial charge in [0.15, 0.2) is 11.9 Å². The van der Waals surface area contributed by atoms with E-state index in [1.807, 2.05) is 47.6 Å². The van der Waals surface area contributed by atoms with Crippen LogP contribution in [0.3, 0.4) is 0 Å². The van der Waals surface area contributed by atoms with Gasteiger partial charge in [-0.25, -0.2) is 4.98 Å². The quantitative estimate of drug-likeness (QED) is 0.393. The Morgan fingerprint density at radius 1 is 1.21 bits per heavy atom. The third kappa shape index (κ3) is 6.08. The van der Waals surface area contributed by atoms with E-state index in [2.05, 4.69) is 10.6 Å². The molecule has 3 aromatic rings. The fourth-order valence-electron chi connectivity index (χ4n) is 5.19. The van der Waals surface area contributed by atoms with Crippen LogP contribution >= 0.6 is 0 Å². The standard InChI is InChI=1S/C26H35F3N6O3/c1-16-31-25-21(32-24-9-10-35(33-24)18-4-3-11-37-15-18)12-20(13-22(25)34(16)2)38-19-7-5-17(6-8-19)30-14-23(36)26(27,28)29/h9-10,12-13,17-19,23,30,36H,3-8,11,14-15H2,1-2H3,(H,32,33)/t17-,18?,19+,23-/m1/s1. The van der Waals surface area contributed by atoms with Crippen LogP contribution in [-0.4, -0.2) is 68.6 Å². The number of nitrogens with zero attached hydrogens (tertiary/aromatic N) is 4. The highest BCUT2D eigenvalue weighted by Gasteiger charge is 2.38. The SMILES string of the molecule is Cc1nc2c(Nc3ccn(C4CCCOC4)n3)cc(O[C@H]3CC[C@@H](NC[C@@H](O)C(F)(F)F)CC3)cc2n1C. The van der Waals surface area contributed by atoms with Crippen molar-refractivity contribution in [2.45, 2.75) is 75.9 Å². The number of aromatic nitrogens is 4. The molecule has 2 aromatic heterocycles. The largest absolute Gasteiger partial charge is 0.490 e. The molecule has 1 aromatic carbocycles. The summed E-state index contributed by atoms with van der Waals surface area (Å²) in [6, 6.07) is 6.00. The molecule has 2 fully saturated rings. The van der Waals surface area contributed by atoms with E-state index in [4.69, 9.17) is 19.6 Å². The minimum Gasteiger partial charge on any atom is -0.490 e. The number of anilines is 2. The van der Waals surface area contributed by atoms with E-state index in [0.717, 1.165) is 42.0 Å². The normalized spacial score (nSPS) is 23.5. The van der Waals surface area contributed by atoms with Crippen molar-refractivity contribution in [3.63, 3.8) is 0 Å². The molecule has 1 unspecified atom stereocenters. The highest BCUT2D eigenvalue weighted by atomic mass is 19.4. The lowest BCUT2D eigenvalue weighted by molar-refractivity contribution is -0.202. The zero-order valence-electron chi connectivity index (χ0n) is 21.7. The summed E-state index contributed by atoms with van der Waals surface area (Å²) in [4.78, 5) is 4.74. The number of halogens is 3. The monoisotopic (exact) mass is 536 g/mol. The third-order valence-corrected chi connectivity index (χ3v) is 7.52. The first-order chi connectivity index (χ1) is 18.2. The zero-order valence-corrected chi connectivity index (χ0v) is 21.7. The number of fused-ring (bicyclic) bond motifs is 1. The first kappa shape index (κ1) is 26.8. The second-order valence-electron chi connectivity index (χ2n) is 10.3. The zero-order chi connectivity index (χ0) is 26.9. The molecule has 9 nitrogen and oxygen atoms in total. The number of ether oxygens (including phenoxy) is 2. The van der Waals surface area contributed by atoms with Crippen molar-refractivity contribution >= 4 is 22.5 Å². The van der Waals surface area contributed by atoms with Crippen LogP contribution in [0.5, 0.6) is 5.75 Å². The van der Waals surface area contributed by atoms with Crippen LogP contribution in [0.1, 0.15) is 50.4 Å². The average molecular weight is 537 g/mol. The molecule has 2 atom stereocenters. The van der Waals surface area contributed by atoms with Gasteiger partial charge >= 0.3 is 6.18 Å². The van der Waals surface area contributed by atoms with Crippen molar-refractivity contribution < 1.29 is 27.8 Å². The Kier molecular flexibility index (Phi) is 7.83. The Morgan fingerprint density at radius 3 is 2.71 bits per heavy atom. The predicted molar refractivity (Wildman–Crippen MR) is 137 cm³/mol. The summed E-state index contributed by atoms with van der Waals surface area (Å²) in [5.74, 6) is 2.29. The second-order valence-corrected chi connectivity index (χ2v) is 10.3. The number of alkyl halides is 3. The van der Waals surface area contributed by atoms with Gasteiger partial charge in [-0.15, -0.1) is 0 Å². The molecule has 208 valence electrons. The average Bonchev–Trinajstić information content (AvgIpc) is 3.48. The van der Waals surface area contributed by atoms with Gasteiger partial charge in [0.05, 0.1) is 30.0 Å². The summed E-state index contributed by atoms with van der Waals surface area (Å²) in [5, 5.41) is 20.2. The molecule has 0 bridgehead atoms. The van der Waals surface area contributed by atoms with E-state index in [0.29, 0.717) is 43.9 Å². The molecular weight excluding hydrogens is 501 g/mol. The maximum absolute atomic E-state index is 12.6. The Labute approximate surface area is 219 Å². The van der Waals surface area contributed by atoms with Crippen LogP contribution in [0, 0.1) is 6.92 Å². The van der Waals surface area contributed by atoms with Crippen LogP contribution in [0.25, 0.3) is 11.0 Å². The number of aliphatic hydroxyl groups is 1. The molecule has 5 rings (SSSR count). The first-order valence-electron chi connectivity index (χ1n) is 13.2. The van der Waals surface area contributed by atoms with E-state index in [1.165, 1.54) is 0 Å². The van der Waals surface area contributed by atoms with Gasteiger partial charge in [-0.1, -0.05) is 0 Å². The number of hydrogen-bond acceptors (Lipinski definition) is 7. The summed E-state index contributed by atoms with van der Waals surface area (Å²) in [5.41, 5.74) is 2.55. The third-order valence-electron chi connectivity index (χ3n) is 7.52. The Hall–Kier alpha value is -2.83. The summed E-state index contributed by atoms with van der Waals surface area (Å²) in [6.45, 7) is 2.92. The van der Waals surface area contributed by atoms with Crippen molar-refractivity contribution in [3.8, 4) is 5.75 Å². The molecule has 2 aliphatic rings. The topological polar surface area (TPSA) is 98.4 Å². The number of aliphatic hydroxyl groups excluding tert-OH is 1. The lowest BCUT2D eigenvalue weighted by Gasteiger charge is -2.30. The molecule has 1 aliphatic heterocycles. The lowest BCUT2D eigenvalue weighted by atomic mass is 9.93. The van der Waals surface area contributed by atoms with Crippen LogP contribution < -0.4 is 15.4 Å². The van der Waals surface area contributed by atoms with Gasteiger partial charge in [0.2, 0.25) is 0 Å². The van der Waals surface area contributed by atoms with Crippen molar-refractivity contribution in [2.24, 2.45) is 7.05 Å². The highest BCUT2D eigenvalue weighted by Crippen LogP contribution is 2.34. The van der Waals surface area contributed by atoms with E-state index < -0.39 is 18.8 Å². The molecule has 12 heteroatoms. The van der Waals surface area contributed by atoms with Crippen LogP contribution in [-0.2, 0) is 11.8 Å². The molecular formula is C26H35F3N6O3. The van der Waals surface area contributed by atoms with Gasteiger partial charge in [0.1, 0.15) is 17.1 Å². The summed E-state index contributed by atoms with van der Waals surface area (Å²) in [7, 11) is 1.96. The van der Waals surface area contributed by atoms with Crippen LogP contribution in [0.2, 0.25) is 0 Å². The fraction of sp³-hybridized carbons (Fsp3) is 0.615. The number of rotatable bonds is 8. The van der Waals surface area contributed by atoms with Gasteiger partial charge in [0.25, 0.3) is 0 Å². The Balaban J connectivity index is 1.26. The molecule has 1 saturated carbocycles. The minimum atomic E-state index is -4.61. The molecule has 0 amide bonds. The lowest BCUT2D eigenvalue weighted by Crippen LogP contribution is -2.44. The van der Waals surface area contributed by atoms with E-state index in [-0.39, 0.29) is 18.2 Å². The number of aryl methyl sites for hydroxylation is 2. The summed E-state index contributed by atoms with van der Waals surface area (Å²) >= 11 is 0. The van der Waals surface area contributed by atoms with Gasteiger partial charge in [-0.2, -0.15) is 18.3 Å². The number of hydrogen-bond donors (Lipinski definition) is 3. The van der Waals surface area contributed by atoms with Gasteiger partial charge in [-0.05, 0) is 45.4 Å². The molecule has 38 heavy (non-hydrogen) atoms. The fourth-order valence-corrected chi connectivity index (χ4v) is 5.19. The Bertz CT molecular complexity index is 1230. The number of nitrogens with one attached hydrogen (secondary N) is 2. The predicted octanol–water partition coefficient (Wildman–Crippen LogP) is 4.38. The molecule has 0 spiro atoms. The minimum absolute atomic E-state index is 0.0503. The van der Waals surface area contributed by atoms with Crippen LogP contribution in [0.15, 0.2) is 24.4 Å². The van der Waals surface area contributed by atoms with Crippen molar-refractivity contribution in [1.29, 1.82) is 0 Å². The molecule has 1 aliphatic carbocycles. The molecule has 1 saturated heterocycles. The van der Waals surface area contributed by atoms with Crippen molar-refractivity contribution in [1.82, 2.24) is 24.6 Å². The number of benzene rings is 1. The van der Waals surface area contributed by atoms with Crippen molar-refractivity contribution in [3.05, 3.63) is 30.2 Å². The first-order valence-corrected chi connectivity index (χ1v) is 13.2. The van der Waals surface area contributed by atoms with Crippen molar-refractivity contribution in [2.75, 3.05) is 25.1 Å². The van der Waals surface area contributed by atoms with Gasteiger partial charge in [0, 0.05) is 50.6 Å². The smallest absolute Gasteiger partial charge is 0.415 e. The van der Waals surface area contributed by atoms with Gasteiger partial charge in [-0.3, -0.25) is 4.68 Å². The number of imidazole rings is 1. The van der Waals surface area contributed by atoms with Crippen LogP contribution in [0.4, 0.5) is 24.7 Å². The van der Waals surface area contributed by atoms with E-state index in [9.17, 15) is 18.3 Å². The maximum atomic E-state index is 12.6. The van der Waals surface area contributed by atoms with E-state index >= 15 is 0 Å². The van der Waals surface area contributed by atoms with Gasteiger partial charge < -0.3 is 29.8 Å². The molecule has 3 heterocycles. The Morgan fingerprint density at radius 2 is 2.00 bits per heavy atom. The molecule has 3 N–H and O–H groups in total.